The van der Waals surface area contributed by atoms with Gasteiger partial charge in [0.25, 0.3) is 0 Å². The molecule has 2 aromatic heterocycles. The molecule has 1 aromatic carbocycles. The molecule has 7 nitrogen and oxygen atoms in total. The lowest BCUT2D eigenvalue weighted by Crippen LogP contribution is -2.14. The van der Waals surface area contributed by atoms with Crippen molar-refractivity contribution in [2.24, 2.45) is 0 Å². The van der Waals surface area contributed by atoms with E-state index in [2.05, 4.69) is 10.1 Å². The van der Waals surface area contributed by atoms with Gasteiger partial charge in [0.1, 0.15) is 0 Å². The summed E-state index contributed by atoms with van der Waals surface area (Å²) in [5.41, 5.74) is 1.65. The van der Waals surface area contributed by atoms with E-state index in [1.165, 1.54) is 12.1 Å². The third kappa shape index (κ3) is 5.02. The largest absolute Gasteiger partial charge is 0.461 e. The quantitative estimate of drug-likeness (QED) is 0.418. The van der Waals surface area contributed by atoms with Crippen LogP contribution >= 0.6 is 11.6 Å². The maximum atomic E-state index is 12.4. The number of rotatable bonds is 7. The third-order valence-corrected chi connectivity index (χ3v) is 6.27. The minimum absolute atomic E-state index is 0.0392. The Morgan fingerprint density at radius 1 is 1.14 bits per heavy atom. The summed E-state index contributed by atoms with van der Waals surface area (Å²) < 4.78 is 31.3. The molecular formula is C20H20ClN3O4S. The smallest absolute Gasteiger partial charge is 0.358 e. The highest BCUT2D eigenvalue weighted by atomic mass is 35.5. The summed E-state index contributed by atoms with van der Waals surface area (Å²) in [5, 5.41) is 4.48. The molecule has 0 aliphatic rings. The number of pyridine rings is 1. The van der Waals surface area contributed by atoms with E-state index >= 15 is 0 Å². The summed E-state index contributed by atoms with van der Waals surface area (Å²) >= 11 is 6.10. The molecule has 2 heterocycles. The van der Waals surface area contributed by atoms with Crippen LogP contribution in [0.15, 0.2) is 53.4 Å². The van der Waals surface area contributed by atoms with E-state index in [4.69, 9.17) is 16.3 Å². The molecule has 0 N–H and O–H groups in total. The van der Waals surface area contributed by atoms with E-state index in [-0.39, 0.29) is 34.4 Å². The molecule has 0 radical (unpaired) electrons. The second-order valence-corrected chi connectivity index (χ2v) is 8.98. The lowest BCUT2D eigenvalue weighted by Gasteiger charge is -2.09. The summed E-state index contributed by atoms with van der Waals surface area (Å²) in [7, 11) is -3.42. The van der Waals surface area contributed by atoms with Gasteiger partial charge >= 0.3 is 5.97 Å². The highest BCUT2D eigenvalue weighted by Gasteiger charge is 2.18. The number of aryl methyl sites for hydroxylation is 2. The van der Waals surface area contributed by atoms with E-state index < -0.39 is 15.8 Å². The number of sulfone groups is 1. The molecule has 3 aromatic rings. The minimum Gasteiger partial charge on any atom is -0.461 e. The van der Waals surface area contributed by atoms with Crippen molar-refractivity contribution >= 4 is 27.4 Å². The molecule has 0 fully saturated rings. The van der Waals surface area contributed by atoms with Crippen LogP contribution in [0.2, 0.25) is 5.02 Å². The average Bonchev–Trinajstić information content (AvgIpc) is 3.04. The fourth-order valence-electron chi connectivity index (χ4n) is 2.78. The van der Waals surface area contributed by atoms with Gasteiger partial charge in [-0.25, -0.2) is 22.9 Å². The number of hydrogen-bond donors (Lipinski definition) is 0. The van der Waals surface area contributed by atoms with E-state index in [1.54, 1.807) is 35.0 Å². The minimum atomic E-state index is -3.42. The van der Waals surface area contributed by atoms with Crippen molar-refractivity contribution in [3.8, 4) is 5.82 Å². The number of hydrogen-bond acceptors (Lipinski definition) is 6. The Hall–Kier alpha value is -2.71. The van der Waals surface area contributed by atoms with Crippen molar-refractivity contribution in [3.05, 3.63) is 70.6 Å². The molecule has 0 saturated heterocycles. The van der Waals surface area contributed by atoms with Crippen molar-refractivity contribution in [2.75, 3.05) is 12.4 Å². The molecule has 0 aliphatic carbocycles. The van der Waals surface area contributed by atoms with Gasteiger partial charge in [0.05, 0.1) is 28.0 Å². The lowest BCUT2D eigenvalue weighted by molar-refractivity contribution is 0.0499. The number of carbonyl (C=O) groups is 1. The van der Waals surface area contributed by atoms with Crippen LogP contribution < -0.4 is 0 Å². The van der Waals surface area contributed by atoms with Crippen LogP contribution in [0.5, 0.6) is 0 Å². The van der Waals surface area contributed by atoms with Crippen molar-refractivity contribution in [1.29, 1.82) is 0 Å². The van der Waals surface area contributed by atoms with Gasteiger partial charge in [-0.15, -0.1) is 0 Å². The maximum Gasteiger partial charge on any atom is 0.358 e. The highest BCUT2D eigenvalue weighted by Crippen LogP contribution is 2.19. The molecule has 0 aliphatic heterocycles. The van der Waals surface area contributed by atoms with Gasteiger partial charge in [-0.2, -0.15) is 5.10 Å². The van der Waals surface area contributed by atoms with Crippen molar-refractivity contribution in [1.82, 2.24) is 14.8 Å². The Bertz CT molecular complexity index is 1130. The predicted molar refractivity (Wildman–Crippen MR) is 109 cm³/mol. The zero-order chi connectivity index (χ0) is 21.0. The molecule has 0 bridgehead atoms. The fraction of sp³-hybridized carbons (Fsp3) is 0.250. The number of benzene rings is 1. The molecule has 0 amide bonds. The van der Waals surface area contributed by atoms with Crippen LogP contribution in [0.4, 0.5) is 0 Å². The molecule has 3 rings (SSSR count). The Labute approximate surface area is 174 Å². The van der Waals surface area contributed by atoms with Gasteiger partial charge in [0.15, 0.2) is 21.3 Å². The van der Waals surface area contributed by atoms with Gasteiger partial charge in [-0.1, -0.05) is 29.8 Å². The van der Waals surface area contributed by atoms with Crippen molar-refractivity contribution in [2.45, 2.75) is 25.2 Å². The summed E-state index contributed by atoms with van der Waals surface area (Å²) in [4.78, 5) is 16.9. The molecular weight excluding hydrogens is 414 g/mol. The van der Waals surface area contributed by atoms with Crippen LogP contribution in [-0.2, 0) is 14.6 Å². The van der Waals surface area contributed by atoms with Gasteiger partial charge in [0, 0.05) is 5.69 Å². The normalized spacial score (nSPS) is 11.4. The van der Waals surface area contributed by atoms with Crippen molar-refractivity contribution < 1.29 is 17.9 Å². The van der Waals surface area contributed by atoms with E-state index in [0.717, 1.165) is 11.4 Å². The first kappa shape index (κ1) is 21.0. The third-order valence-electron chi connectivity index (χ3n) is 4.14. The number of carbonyl (C=O) groups excluding carboxylic acids is 1. The Morgan fingerprint density at radius 3 is 2.52 bits per heavy atom. The van der Waals surface area contributed by atoms with Gasteiger partial charge in [-0.05, 0) is 50.6 Å². The number of nitrogens with zero attached hydrogens (tertiary/aromatic N) is 3. The molecule has 9 heteroatoms. The average molecular weight is 434 g/mol. The molecule has 0 saturated carbocycles. The topological polar surface area (TPSA) is 91.2 Å². The standard InChI is InChI=1S/C20H20ClN3O4S/c1-14-13-15(2)24(23-14)18-10-9-17(21)19(22-18)20(25)28-11-6-12-29(26,27)16-7-4-3-5-8-16/h3-5,7-10,13H,6,11-12H2,1-2H3. The highest BCUT2D eigenvalue weighted by molar-refractivity contribution is 7.91. The predicted octanol–water partition coefficient (Wildman–Crippen LogP) is 3.56. The summed E-state index contributed by atoms with van der Waals surface area (Å²) in [6.07, 6.45) is 0.164. The first-order valence-electron chi connectivity index (χ1n) is 8.93. The number of aromatic nitrogens is 3. The number of halogens is 1. The van der Waals surface area contributed by atoms with E-state index in [1.807, 2.05) is 19.9 Å². The van der Waals surface area contributed by atoms with Gasteiger partial charge < -0.3 is 4.74 Å². The van der Waals surface area contributed by atoms with Gasteiger partial charge in [-0.3, -0.25) is 0 Å². The molecule has 0 spiro atoms. The second-order valence-electron chi connectivity index (χ2n) is 6.46. The molecule has 0 atom stereocenters. The number of ether oxygens (including phenoxy) is 1. The van der Waals surface area contributed by atoms with Crippen molar-refractivity contribution in [3.63, 3.8) is 0 Å². The van der Waals surface area contributed by atoms with Crippen LogP contribution in [0.3, 0.4) is 0 Å². The second kappa shape index (κ2) is 8.75. The van der Waals surface area contributed by atoms with Gasteiger partial charge in [0.2, 0.25) is 0 Å². The molecule has 29 heavy (non-hydrogen) atoms. The Kier molecular flexibility index (Phi) is 6.34. The van der Waals surface area contributed by atoms with E-state index in [0.29, 0.717) is 5.82 Å². The summed E-state index contributed by atoms with van der Waals surface area (Å²) in [6, 6.07) is 13.2. The molecule has 0 unspecified atom stereocenters. The zero-order valence-electron chi connectivity index (χ0n) is 16.0. The first-order chi connectivity index (χ1) is 13.8. The number of esters is 1. The summed E-state index contributed by atoms with van der Waals surface area (Å²) in [5.74, 6) is -0.397. The van der Waals surface area contributed by atoms with Crippen LogP contribution in [0.25, 0.3) is 5.82 Å². The summed E-state index contributed by atoms with van der Waals surface area (Å²) in [6.45, 7) is 3.67. The first-order valence-corrected chi connectivity index (χ1v) is 11.0. The monoisotopic (exact) mass is 433 g/mol. The Morgan fingerprint density at radius 2 is 1.86 bits per heavy atom. The SMILES string of the molecule is Cc1cc(C)n(-c2ccc(Cl)c(C(=O)OCCCS(=O)(=O)c3ccccc3)n2)n1. The Balaban J connectivity index is 1.64. The lowest BCUT2D eigenvalue weighted by atomic mass is 10.3. The zero-order valence-corrected chi connectivity index (χ0v) is 17.6. The van der Waals surface area contributed by atoms with Crippen LogP contribution in [-0.4, -0.2) is 41.5 Å². The van der Waals surface area contributed by atoms with Crippen LogP contribution in [0, 0.1) is 13.8 Å². The molecule has 152 valence electrons. The van der Waals surface area contributed by atoms with Crippen LogP contribution in [0.1, 0.15) is 28.3 Å². The fourth-order valence-corrected chi connectivity index (χ4v) is 4.27. The van der Waals surface area contributed by atoms with E-state index in [9.17, 15) is 13.2 Å². The maximum absolute atomic E-state index is 12.4.